The second-order valence-corrected chi connectivity index (χ2v) is 10.2. The number of hydrogen-bond donors (Lipinski definition) is 4. The van der Waals surface area contributed by atoms with Crippen molar-refractivity contribution in [3.8, 4) is 0 Å². The van der Waals surface area contributed by atoms with Gasteiger partial charge in [-0.25, -0.2) is 18.6 Å². The van der Waals surface area contributed by atoms with Gasteiger partial charge in [-0.1, -0.05) is 6.07 Å². The van der Waals surface area contributed by atoms with Crippen molar-refractivity contribution in [2.75, 3.05) is 31.5 Å². The number of aromatic nitrogens is 1. The molecule has 10 heteroatoms. The van der Waals surface area contributed by atoms with E-state index >= 15 is 0 Å². The van der Waals surface area contributed by atoms with Crippen molar-refractivity contribution in [2.24, 2.45) is 5.92 Å². The van der Waals surface area contributed by atoms with Gasteiger partial charge in [0, 0.05) is 44.4 Å². The molecule has 0 bridgehead atoms. The van der Waals surface area contributed by atoms with Gasteiger partial charge in [0.25, 0.3) is 0 Å². The Labute approximate surface area is 205 Å². The zero-order chi connectivity index (χ0) is 24.8. The van der Waals surface area contributed by atoms with Gasteiger partial charge in [0.2, 0.25) is 11.8 Å². The highest BCUT2D eigenvalue weighted by Crippen LogP contribution is 2.36. The number of carbonyl (C=O) groups is 2. The average Bonchev–Trinajstić information content (AvgIpc) is 2.85. The topological polar surface area (TPSA) is 107 Å². The van der Waals surface area contributed by atoms with E-state index in [-0.39, 0.29) is 25.7 Å². The minimum absolute atomic E-state index is 0.100. The quantitative estimate of drug-likeness (QED) is 0.419. The third-order valence-corrected chi connectivity index (χ3v) is 7.55. The number of piperidine rings is 1. The van der Waals surface area contributed by atoms with Gasteiger partial charge in [0.1, 0.15) is 11.9 Å². The molecule has 2 aliphatic heterocycles. The molecule has 4 rings (SSSR count). The Balaban J connectivity index is 1.16. The first kappa shape index (κ1) is 25.8. The van der Waals surface area contributed by atoms with E-state index in [4.69, 9.17) is 4.98 Å². The van der Waals surface area contributed by atoms with E-state index in [9.17, 15) is 23.5 Å². The molecule has 1 aromatic heterocycles. The van der Waals surface area contributed by atoms with Crippen LogP contribution in [-0.4, -0.2) is 71.1 Å². The average molecular weight is 494 g/mol. The lowest BCUT2D eigenvalue weighted by atomic mass is 9.86. The fourth-order valence-corrected chi connectivity index (χ4v) is 5.24. The van der Waals surface area contributed by atoms with E-state index in [1.807, 2.05) is 0 Å². The minimum atomic E-state index is -2.71. The molecule has 0 aromatic carbocycles. The van der Waals surface area contributed by atoms with Crippen LogP contribution in [0.4, 0.5) is 14.6 Å². The summed E-state index contributed by atoms with van der Waals surface area (Å²) in [5, 5.41) is 19.1. The molecule has 0 radical (unpaired) electrons. The molecule has 0 spiro atoms. The van der Waals surface area contributed by atoms with Crippen LogP contribution in [0.2, 0.25) is 0 Å². The van der Waals surface area contributed by atoms with Crippen molar-refractivity contribution < 1.29 is 23.5 Å². The number of likely N-dealkylation sites (tertiary alicyclic amines) is 1. The second-order valence-electron chi connectivity index (χ2n) is 10.2. The molecule has 3 aliphatic rings. The highest BCUT2D eigenvalue weighted by Gasteiger charge is 2.38. The summed E-state index contributed by atoms with van der Waals surface area (Å²) in [4.78, 5) is 31.1. The van der Waals surface area contributed by atoms with Crippen LogP contribution in [0.25, 0.3) is 0 Å². The molecule has 0 unspecified atom stereocenters. The molecule has 1 aliphatic carbocycles. The van der Waals surface area contributed by atoms with Gasteiger partial charge in [-0.05, 0) is 69.7 Å². The molecule has 2 fully saturated rings. The maximum Gasteiger partial charge on any atom is 0.326 e. The lowest BCUT2D eigenvalue weighted by Crippen LogP contribution is -2.48. The predicted molar refractivity (Wildman–Crippen MR) is 128 cm³/mol. The van der Waals surface area contributed by atoms with Crippen molar-refractivity contribution >= 4 is 17.7 Å². The largest absolute Gasteiger partial charge is 0.480 e. The van der Waals surface area contributed by atoms with Crippen molar-refractivity contribution in [1.29, 1.82) is 0 Å². The van der Waals surface area contributed by atoms with Gasteiger partial charge in [0.15, 0.2) is 0 Å². The third kappa shape index (κ3) is 7.33. The highest BCUT2D eigenvalue weighted by atomic mass is 19.3. The SMILES string of the molecule is O=C(N[C@@H](CCN1CCC(NCc2ccc3c(n2)NCCC3)CC1)C(=O)O)C1CCC(F)(F)CC1. The van der Waals surface area contributed by atoms with E-state index in [0.29, 0.717) is 19.0 Å². The number of pyridine rings is 1. The Bertz CT molecular complexity index is 882. The van der Waals surface area contributed by atoms with Crippen LogP contribution in [0.3, 0.4) is 0 Å². The maximum atomic E-state index is 13.3. The van der Waals surface area contributed by atoms with Crippen LogP contribution in [-0.2, 0) is 22.6 Å². The summed E-state index contributed by atoms with van der Waals surface area (Å²) in [6.07, 6.45) is 4.02. The molecular weight excluding hydrogens is 456 g/mol. The molecule has 4 N–H and O–H groups in total. The number of aliphatic carboxylic acids is 1. The Morgan fingerprint density at radius 1 is 1.20 bits per heavy atom. The highest BCUT2D eigenvalue weighted by molar-refractivity contribution is 5.85. The first-order valence-corrected chi connectivity index (χ1v) is 12.9. The number of halogens is 2. The van der Waals surface area contributed by atoms with Gasteiger partial charge >= 0.3 is 5.97 Å². The molecule has 1 amide bonds. The van der Waals surface area contributed by atoms with E-state index in [1.165, 1.54) is 5.56 Å². The summed E-state index contributed by atoms with van der Waals surface area (Å²) in [7, 11) is 0. The number of hydrogen-bond acceptors (Lipinski definition) is 6. The number of alkyl halides is 2. The van der Waals surface area contributed by atoms with Crippen molar-refractivity contribution in [3.63, 3.8) is 0 Å². The summed E-state index contributed by atoms with van der Waals surface area (Å²) in [6.45, 7) is 3.98. The zero-order valence-electron chi connectivity index (χ0n) is 20.2. The van der Waals surface area contributed by atoms with Crippen LogP contribution in [0.1, 0.15) is 62.6 Å². The summed E-state index contributed by atoms with van der Waals surface area (Å²) in [5.41, 5.74) is 2.31. The molecular formula is C25H37F2N5O3. The fraction of sp³-hybridized carbons (Fsp3) is 0.720. The Hall–Kier alpha value is -2.33. The van der Waals surface area contributed by atoms with Gasteiger partial charge in [-0.15, -0.1) is 0 Å². The van der Waals surface area contributed by atoms with Crippen LogP contribution in [0.15, 0.2) is 12.1 Å². The first-order valence-electron chi connectivity index (χ1n) is 12.9. The smallest absolute Gasteiger partial charge is 0.326 e. The number of anilines is 1. The number of carbonyl (C=O) groups excluding carboxylic acids is 1. The van der Waals surface area contributed by atoms with Crippen molar-refractivity contribution in [1.82, 2.24) is 20.5 Å². The van der Waals surface area contributed by atoms with Crippen LogP contribution in [0.5, 0.6) is 0 Å². The van der Waals surface area contributed by atoms with Crippen molar-refractivity contribution in [2.45, 2.75) is 82.3 Å². The monoisotopic (exact) mass is 493 g/mol. The fourth-order valence-electron chi connectivity index (χ4n) is 5.24. The van der Waals surface area contributed by atoms with E-state index in [1.54, 1.807) is 0 Å². The number of nitrogens with zero attached hydrogens (tertiary/aromatic N) is 2. The maximum absolute atomic E-state index is 13.3. The Kier molecular flexibility index (Phi) is 8.54. The van der Waals surface area contributed by atoms with Crippen LogP contribution < -0.4 is 16.0 Å². The standard InChI is InChI=1S/C25H37F2N5O3/c26-25(27)10-5-18(6-11-25)23(33)31-21(24(34)35)9-15-32-13-7-19(8-14-32)29-16-20-4-3-17-2-1-12-28-22(17)30-20/h3-4,18-19,21,29H,1-2,5-16H2,(H,28,30)(H,31,33)(H,34,35)/t21-/m0/s1. The predicted octanol–water partition coefficient (Wildman–Crippen LogP) is 2.78. The summed E-state index contributed by atoms with van der Waals surface area (Å²) in [5.74, 6) is -3.73. The van der Waals surface area contributed by atoms with E-state index in [2.05, 4.69) is 33.0 Å². The number of amides is 1. The summed E-state index contributed by atoms with van der Waals surface area (Å²) in [6, 6.07) is 3.64. The van der Waals surface area contributed by atoms with Gasteiger partial charge < -0.3 is 26.0 Å². The summed E-state index contributed by atoms with van der Waals surface area (Å²) < 4.78 is 26.7. The number of rotatable bonds is 9. The molecule has 194 valence electrons. The number of carboxylic acid groups (broad SMARTS) is 1. The van der Waals surface area contributed by atoms with E-state index in [0.717, 1.165) is 63.4 Å². The third-order valence-electron chi connectivity index (χ3n) is 7.55. The zero-order valence-corrected chi connectivity index (χ0v) is 20.2. The minimum Gasteiger partial charge on any atom is -0.480 e. The van der Waals surface area contributed by atoms with Gasteiger partial charge in [-0.2, -0.15) is 0 Å². The van der Waals surface area contributed by atoms with Crippen LogP contribution in [0, 0.1) is 5.92 Å². The van der Waals surface area contributed by atoms with E-state index < -0.39 is 29.8 Å². The molecule has 1 atom stereocenters. The lowest BCUT2D eigenvalue weighted by Gasteiger charge is -2.33. The Morgan fingerprint density at radius 3 is 2.66 bits per heavy atom. The second kappa shape index (κ2) is 11.6. The van der Waals surface area contributed by atoms with Gasteiger partial charge in [-0.3, -0.25) is 4.79 Å². The van der Waals surface area contributed by atoms with Crippen LogP contribution >= 0.6 is 0 Å². The van der Waals surface area contributed by atoms with Crippen molar-refractivity contribution in [3.05, 3.63) is 23.4 Å². The first-order chi connectivity index (χ1) is 16.8. The molecule has 1 saturated heterocycles. The molecule has 35 heavy (non-hydrogen) atoms. The molecule has 1 aromatic rings. The summed E-state index contributed by atoms with van der Waals surface area (Å²) >= 11 is 0. The van der Waals surface area contributed by atoms with Gasteiger partial charge in [0.05, 0.1) is 5.69 Å². The Morgan fingerprint density at radius 2 is 1.94 bits per heavy atom. The number of carboxylic acids is 1. The number of nitrogens with one attached hydrogen (secondary N) is 3. The molecule has 3 heterocycles. The number of fused-ring (bicyclic) bond motifs is 1. The lowest BCUT2D eigenvalue weighted by molar-refractivity contribution is -0.143. The number of aryl methyl sites for hydroxylation is 1. The normalized spacial score (nSPS) is 22.1. The molecule has 1 saturated carbocycles. The molecule has 8 nitrogen and oxygen atoms in total.